The third-order valence-corrected chi connectivity index (χ3v) is 4.28. The zero-order chi connectivity index (χ0) is 19.5. The van der Waals surface area contributed by atoms with Gasteiger partial charge in [-0.2, -0.15) is 4.98 Å². The van der Waals surface area contributed by atoms with Gasteiger partial charge < -0.3 is 15.7 Å². The lowest BCUT2D eigenvalue weighted by Gasteiger charge is -2.12. The number of carboxylic acid groups (broad SMARTS) is 1. The second-order valence-corrected chi connectivity index (χ2v) is 6.41. The molecule has 0 fully saturated rings. The number of nitrogens with zero attached hydrogens (tertiary/aromatic N) is 2. The zero-order valence-electron chi connectivity index (χ0n) is 15.2. The van der Waals surface area contributed by atoms with E-state index < -0.39 is 5.97 Å². The van der Waals surface area contributed by atoms with E-state index >= 15 is 0 Å². The van der Waals surface area contributed by atoms with Crippen LogP contribution in [-0.4, -0.2) is 21.0 Å². The molecule has 0 aliphatic rings. The molecule has 4 rings (SSSR count). The van der Waals surface area contributed by atoms with Crippen LogP contribution in [0.3, 0.4) is 0 Å². The first-order valence-corrected chi connectivity index (χ1v) is 8.79. The number of anilines is 4. The van der Waals surface area contributed by atoms with Crippen molar-refractivity contribution in [3.63, 3.8) is 0 Å². The summed E-state index contributed by atoms with van der Waals surface area (Å²) >= 11 is 0. The number of para-hydroxylation sites is 1. The average Bonchev–Trinajstić information content (AvgIpc) is 2.70. The second-order valence-electron chi connectivity index (χ2n) is 6.41. The van der Waals surface area contributed by atoms with Crippen LogP contribution in [0, 0.1) is 6.92 Å². The number of hydrogen-bond acceptors (Lipinski definition) is 5. The molecule has 3 aromatic carbocycles. The third kappa shape index (κ3) is 3.76. The van der Waals surface area contributed by atoms with Crippen LogP contribution in [-0.2, 0) is 0 Å². The lowest BCUT2D eigenvalue weighted by molar-refractivity contribution is 0.0697. The van der Waals surface area contributed by atoms with Gasteiger partial charge in [-0.1, -0.05) is 35.9 Å². The van der Waals surface area contributed by atoms with Crippen LogP contribution in [0.15, 0.2) is 72.8 Å². The molecule has 4 aromatic rings. The second kappa shape index (κ2) is 7.36. The number of aromatic carboxylic acids is 1. The molecule has 6 heteroatoms. The highest BCUT2D eigenvalue weighted by Crippen LogP contribution is 2.26. The van der Waals surface area contributed by atoms with Crippen molar-refractivity contribution in [2.24, 2.45) is 0 Å². The molecule has 0 amide bonds. The first-order valence-electron chi connectivity index (χ1n) is 8.79. The number of fused-ring (bicyclic) bond motifs is 1. The molecule has 0 spiro atoms. The Morgan fingerprint density at radius 1 is 0.857 bits per heavy atom. The van der Waals surface area contributed by atoms with E-state index in [4.69, 9.17) is 0 Å². The molecule has 6 nitrogen and oxygen atoms in total. The van der Waals surface area contributed by atoms with E-state index in [0.29, 0.717) is 17.5 Å². The Morgan fingerprint density at radius 3 is 2.43 bits per heavy atom. The third-order valence-electron chi connectivity index (χ3n) is 4.28. The Hall–Kier alpha value is -3.93. The summed E-state index contributed by atoms with van der Waals surface area (Å²) in [6.45, 7) is 2.04. The van der Waals surface area contributed by atoms with E-state index in [1.165, 1.54) is 5.56 Å². The molecule has 0 aliphatic carbocycles. The average molecular weight is 370 g/mol. The van der Waals surface area contributed by atoms with Crippen molar-refractivity contribution in [2.45, 2.75) is 6.92 Å². The molecule has 3 N–H and O–H groups in total. The van der Waals surface area contributed by atoms with Gasteiger partial charge in [0, 0.05) is 16.8 Å². The number of aromatic nitrogens is 2. The van der Waals surface area contributed by atoms with Gasteiger partial charge in [-0.25, -0.2) is 9.78 Å². The fraction of sp³-hybridized carbons (Fsp3) is 0.0455. The molecular weight excluding hydrogens is 352 g/mol. The van der Waals surface area contributed by atoms with Crippen molar-refractivity contribution >= 4 is 40.0 Å². The van der Waals surface area contributed by atoms with Gasteiger partial charge in [0.15, 0.2) is 0 Å². The molecule has 28 heavy (non-hydrogen) atoms. The molecule has 1 heterocycles. The molecular formula is C22H18N4O2. The molecule has 0 unspecified atom stereocenters. The van der Waals surface area contributed by atoms with Gasteiger partial charge in [0.25, 0.3) is 0 Å². The largest absolute Gasteiger partial charge is 0.478 e. The maximum Gasteiger partial charge on any atom is 0.335 e. The molecule has 138 valence electrons. The SMILES string of the molecule is Cc1ccc(Nc2nc(Nc3cccc(C(=O)O)c3)nc3ccccc23)cc1. The summed E-state index contributed by atoms with van der Waals surface area (Å²) in [5, 5.41) is 16.5. The normalized spacial score (nSPS) is 10.6. The molecule has 0 saturated heterocycles. The van der Waals surface area contributed by atoms with E-state index in [-0.39, 0.29) is 5.56 Å². The lowest BCUT2D eigenvalue weighted by Crippen LogP contribution is -2.03. The van der Waals surface area contributed by atoms with Crippen LogP contribution in [0.4, 0.5) is 23.1 Å². The molecule has 1 aromatic heterocycles. The van der Waals surface area contributed by atoms with Crippen LogP contribution >= 0.6 is 0 Å². The summed E-state index contributed by atoms with van der Waals surface area (Å²) in [7, 11) is 0. The van der Waals surface area contributed by atoms with Crippen molar-refractivity contribution in [3.8, 4) is 0 Å². The number of hydrogen-bond donors (Lipinski definition) is 3. The minimum Gasteiger partial charge on any atom is -0.478 e. The van der Waals surface area contributed by atoms with E-state index in [1.807, 2.05) is 55.5 Å². The van der Waals surface area contributed by atoms with Gasteiger partial charge in [0.2, 0.25) is 5.95 Å². The van der Waals surface area contributed by atoms with E-state index in [9.17, 15) is 9.90 Å². The Kier molecular flexibility index (Phi) is 4.60. The van der Waals surface area contributed by atoms with Crippen molar-refractivity contribution < 1.29 is 9.90 Å². The fourth-order valence-corrected chi connectivity index (χ4v) is 2.86. The van der Waals surface area contributed by atoms with Crippen molar-refractivity contribution in [1.29, 1.82) is 0 Å². The number of carboxylic acids is 1. The summed E-state index contributed by atoms with van der Waals surface area (Å²) in [4.78, 5) is 20.4. The predicted octanol–water partition coefficient (Wildman–Crippen LogP) is 5.12. The molecule has 0 saturated carbocycles. The smallest absolute Gasteiger partial charge is 0.335 e. The summed E-state index contributed by atoms with van der Waals surface area (Å²) in [5.41, 5.74) is 3.69. The number of rotatable bonds is 5. The van der Waals surface area contributed by atoms with Crippen LogP contribution in [0.2, 0.25) is 0 Å². The molecule has 0 bridgehead atoms. The highest BCUT2D eigenvalue weighted by atomic mass is 16.4. The summed E-state index contributed by atoms with van der Waals surface area (Å²) in [5.74, 6) is 0.0759. The van der Waals surface area contributed by atoms with Gasteiger partial charge in [-0.15, -0.1) is 0 Å². The Bertz CT molecular complexity index is 1160. The standard InChI is InChI=1S/C22H18N4O2/c1-14-9-11-16(12-10-14)23-20-18-7-2-3-8-19(18)25-22(26-20)24-17-6-4-5-15(13-17)21(27)28/h2-13H,1H3,(H,27,28)(H2,23,24,25,26). The predicted molar refractivity (Wildman–Crippen MR) is 111 cm³/mol. The zero-order valence-corrected chi connectivity index (χ0v) is 15.2. The van der Waals surface area contributed by atoms with E-state index in [2.05, 4.69) is 20.6 Å². The van der Waals surface area contributed by atoms with Gasteiger partial charge in [-0.3, -0.25) is 0 Å². The molecule has 0 atom stereocenters. The van der Waals surface area contributed by atoms with Gasteiger partial charge >= 0.3 is 5.97 Å². The first-order chi connectivity index (χ1) is 13.6. The monoisotopic (exact) mass is 370 g/mol. The van der Waals surface area contributed by atoms with E-state index in [1.54, 1.807) is 24.3 Å². The van der Waals surface area contributed by atoms with Crippen LogP contribution < -0.4 is 10.6 Å². The summed E-state index contributed by atoms with van der Waals surface area (Å²) in [6.07, 6.45) is 0. The highest BCUT2D eigenvalue weighted by molar-refractivity contribution is 5.92. The quantitative estimate of drug-likeness (QED) is 0.452. The first kappa shape index (κ1) is 17.5. The summed E-state index contributed by atoms with van der Waals surface area (Å²) < 4.78 is 0. The van der Waals surface area contributed by atoms with Crippen molar-refractivity contribution in [2.75, 3.05) is 10.6 Å². The Morgan fingerprint density at radius 2 is 1.64 bits per heavy atom. The van der Waals surface area contributed by atoms with Crippen LogP contribution in [0.25, 0.3) is 10.9 Å². The van der Waals surface area contributed by atoms with Crippen molar-refractivity contribution in [3.05, 3.63) is 83.9 Å². The Balaban J connectivity index is 1.72. The van der Waals surface area contributed by atoms with Crippen LogP contribution in [0.5, 0.6) is 0 Å². The molecule has 0 aliphatic heterocycles. The minimum absolute atomic E-state index is 0.198. The Labute approximate surface area is 161 Å². The number of nitrogens with one attached hydrogen (secondary N) is 2. The lowest BCUT2D eigenvalue weighted by atomic mass is 10.2. The van der Waals surface area contributed by atoms with Crippen LogP contribution in [0.1, 0.15) is 15.9 Å². The fourth-order valence-electron chi connectivity index (χ4n) is 2.86. The number of carbonyl (C=O) groups is 1. The topological polar surface area (TPSA) is 87.1 Å². The maximum atomic E-state index is 11.2. The van der Waals surface area contributed by atoms with Gasteiger partial charge in [-0.05, 0) is 49.4 Å². The molecule has 0 radical (unpaired) electrons. The number of aryl methyl sites for hydroxylation is 1. The van der Waals surface area contributed by atoms with Gasteiger partial charge in [0.05, 0.1) is 11.1 Å². The highest BCUT2D eigenvalue weighted by Gasteiger charge is 2.09. The maximum absolute atomic E-state index is 11.2. The summed E-state index contributed by atoms with van der Waals surface area (Å²) in [6, 6.07) is 22.3. The van der Waals surface area contributed by atoms with Crippen molar-refractivity contribution in [1.82, 2.24) is 9.97 Å². The minimum atomic E-state index is -0.982. The van der Waals surface area contributed by atoms with E-state index in [0.717, 1.165) is 16.6 Å². The number of benzene rings is 3. The van der Waals surface area contributed by atoms with Gasteiger partial charge in [0.1, 0.15) is 5.82 Å².